The van der Waals surface area contributed by atoms with E-state index in [0.29, 0.717) is 5.92 Å². The number of nitrogens with zero attached hydrogens (tertiary/aromatic N) is 1. The molecule has 1 atom stereocenters. The van der Waals surface area contributed by atoms with Crippen molar-refractivity contribution < 1.29 is 9.50 Å². The average molecular weight is 266 g/mol. The van der Waals surface area contributed by atoms with E-state index in [2.05, 4.69) is 24.1 Å². The largest absolute Gasteiger partial charge is 0.508 e. The van der Waals surface area contributed by atoms with E-state index >= 15 is 0 Å². The predicted octanol–water partition coefficient (Wildman–Crippen LogP) is 2.52. The van der Waals surface area contributed by atoms with Gasteiger partial charge in [-0.25, -0.2) is 4.39 Å². The molecule has 0 amide bonds. The molecule has 3 nitrogen and oxygen atoms in total. The van der Waals surface area contributed by atoms with E-state index < -0.39 is 0 Å². The molecular weight excluding hydrogens is 243 g/mol. The maximum absolute atomic E-state index is 13.5. The van der Waals surface area contributed by atoms with Crippen LogP contribution in [-0.2, 0) is 0 Å². The van der Waals surface area contributed by atoms with Crippen molar-refractivity contribution in [1.29, 1.82) is 0 Å². The number of piperazine rings is 1. The van der Waals surface area contributed by atoms with Crippen LogP contribution in [0.15, 0.2) is 18.2 Å². The van der Waals surface area contributed by atoms with E-state index in [4.69, 9.17) is 0 Å². The quantitative estimate of drug-likeness (QED) is 0.879. The molecule has 0 bridgehead atoms. The van der Waals surface area contributed by atoms with Crippen molar-refractivity contribution in [2.24, 2.45) is 5.92 Å². The monoisotopic (exact) mass is 266 g/mol. The zero-order valence-corrected chi connectivity index (χ0v) is 11.7. The van der Waals surface area contributed by atoms with E-state index in [0.717, 1.165) is 38.2 Å². The molecule has 0 spiro atoms. The molecule has 0 saturated carbocycles. The third kappa shape index (κ3) is 3.67. The Hall–Kier alpha value is -1.13. The molecule has 106 valence electrons. The Bertz CT molecular complexity index is 417. The lowest BCUT2D eigenvalue weighted by Crippen LogP contribution is -2.45. The van der Waals surface area contributed by atoms with E-state index in [1.807, 2.05) is 0 Å². The van der Waals surface area contributed by atoms with Crippen molar-refractivity contribution in [3.8, 4) is 5.75 Å². The topological polar surface area (TPSA) is 35.5 Å². The summed E-state index contributed by atoms with van der Waals surface area (Å²) in [6.45, 7) is 8.09. The van der Waals surface area contributed by atoms with E-state index in [1.165, 1.54) is 18.2 Å². The Morgan fingerprint density at radius 2 is 2.00 bits per heavy atom. The number of phenolic OH excluding ortho intramolecular Hbond substituents is 1. The Balaban J connectivity index is 2.27. The molecule has 1 fully saturated rings. The maximum Gasteiger partial charge on any atom is 0.123 e. The molecule has 0 unspecified atom stereocenters. The van der Waals surface area contributed by atoms with Crippen molar-refractivity contribution in [3.63, 3.8) is 0 Å². The minimum atomic E-state index is -0.281. The van der Waals surface area contributed by atoms with Gasteiger partial charge in [0.15, 0.2) is 0 Å². The van der Waals surface area contributed by atoms with Crippen molar-refractivity contribution in [1.82, 2.24) is 10.2 Å². The van der Waals surface area contributed by atoms with Gasteiger partial charge in [-0.05, 0) is 30.5 Å². The molecule has 1 aromatic rings. The number of hydrogen-bond donors (Lipinski definition) is 2. The third-order valence-electron chi connectivity index (χ3n) is 3.64. The molecule has 0 aliphatic carbocycles. The van der Waals surface area contributed by atoms with Crippen LogP contribution in [0, 0.1) is 11.7 Å². The SMILES string of the molecule is CC(C)C[C@@H](c1cc(F)ccc1O)N1CCNCC1. The summed E-state index contributed by atoms with van der Waals surface area (Å²) in [5, 5.41) is 13.4. The van der Waals surface area contributed by atoms with Crippen molar-refractivity contribution >= 4 is 0 Å². The highest BCUT2D eigenvalue weighted by Gasteiger charge is 2.25. The molecule has 0 aromatic heterocycles. The van der Waals surface area contributed by atoms with Crippen LogP contribution in [0.2, 0.25) is 0 Å². The number of aromatic hydroxyl groups is 1. The van der Waals surface area contributed by atoms with E-state index in [9.17, 15) is 9.50 Å². The Morgan fingerprint density at radius 3 is 2.63 bits per heavy atom. The van der Waals surface area contributed by atoms with Crippen LogP contribution in [0.3, 0.4) is 0 Å². The van der Waals surface area contributed by atoms with Crippen LogP contribution in [0.5, 0.6) is 5.75 Å². The smallest absolute Gasteiger partial charge is 0.123 e. The average Bonchev–Trinajstić information content (AvgIpc) is 2.40. The van der Waals surface area contributed by atoms with Gasteiger partial charge in [0.2, 0.25) is 0 Å². The normalized spacial score (nSPS) is 18.7. The van der Waals surface area contributed by atoms with Gasteiger partial charge < -0.3 is 10.4 Å². The predicted molar refractivity (Wildman–Crippen MR) is 74.7 cm³/mol. The second-order valence-corrected chi connectivity index (χ2v) is 5.63. The van der Waals surface area contributed by atoms with E-state index in [1.54, 1.807) is 0 Å². The van der Waals surface area contributed by atoms with Crippen LogP contribution in [-0.4, -0.2) is 36.2 Å². The number of hydrogen-bond acceptors (Lipinski definition) is 3. The summed E-state index contributed by atoms with van der Waals surface area (Å²) in [5.74, 6) is 0.421. The molecule has 4 heteroatoms. The van der Waals surface area contributed by atoms with Gasteiger partial charge in [0.1, 0.15) is 11.6 Å². The first-order chi connectivity index (χ1) is 9.08. The minimum Gasteiger partial charge on any atom is -0.508 e. The van der Waals surface area contributed by atoms with Crippen LogP contribution in [0.1, 0.15) is 31.9 Å². The lowest BCUT2D eigenvalue weighted by Gasteiger charge is -2.36. The summed E-state index contributed by atoms with van der Waals surface area (Å²) in [7, 11) is 0. The van der Waals surface area contributed by atoms with Crippen LogP contribution >= 0.6 is 0 Å². The number of benzene rings is 1. The lowest BCUT2D eigenvalue weighted by atomic mass is 9.94. The number of phenols is 1. The highest BCUT2D eigenvalue weighted by molar-refractivity contribution is 5.35. The summed E-state index contributed by atoms with van der Waals surface area (Å²) in [5.41, 5.74) is 0.718. The molecule has 2 rings (SSSR count). The van der Waals surface area contributed by atoms with E-state index in [-0.39, 0.29) is 17.6 Å². The molecule has 19 heavy (non-hydrogen) atoms. The summed E-state index contributed by atoms with van der Waals surface area (Å²) < 4.78 is 13.5. The van der Waals surface area contributed by atoms with Gasteiger partial charge in [0, 0.05) is 37.8 Å². The standard InChI is InChI=1S/C15H23FN2O/c1-11(2)9-14(18-7-5-17-6-8-18)13-10-12(16)3-4-15(13)19/h3-4,10-11,14,17,19H,5-9H2,1-2H3/t14-/m0/s1. The molecule has 1 aliphatic rings. The molecule has 1 aromatic carbocycles. The highest BCUT2D eigenvalue weighted by Crippen LogP contribution is 2.34. The Morgan fingerprint density at radius 1 is 1.32 bits per heavy atom. The Kier molecular flexibility index (Phi) is 4.77. The van der Waals surface area contributed by atoms with Gasteiger partial charge in [-0.3, -0.25) is 4.90 Å². The summed E-state index contributed by atoms with van der Waals surface area (Å²) in [6, 6.07) is 4.34. The van der Waals surface area contributed by atoms with Gasteiger partial charge in [-0.15, -0.1) is 0 Å². The van der Waals surface area contributed by atoms with Gasteiger partial charge in [-0.1, -0.05) is 13.8 Å². The van der Waals surface area contributed by atoms with Crippen molar-refractivity contribution in [3.05, 3.63) is 29.6 Å². The first-order valence-corrected chi connectivity index (χ1v) is 7.01. The second-order valence-electron chi connectivity index (χ2n) is 5.63. The van der Waals surface area contributed by atoms with Gasteiger partial charge >= 0.3 is 0 Å². The van der Waals surface area contributed by atoms with Gasteiger partial charge in [0.25, 0.3) is 0 Å². The van der Waals surface area contributed by atoms with Crippen molar-refractivity contribution in [2.45, 2.75) is 26.3 Å². The number of rotatable bonds is 4. The fourth-order valence-electron chi connectivity index (χ4n) is 2.71. The lowest BCUT2D eigenvalue weighted by molar-refractivity contribution is 0.151. The van der Waals surface area contributed by atoms with Crippen LogP contribution < -0.4 is 5.32 Å². The van der Waals surface area contributed by atoms with Crippen LogP contribution in [0.4, 0.5) is 4.39 Å². The second kappa shape index (κ2) is 6.35. The first-order valence-electron chi connectivity index (χ1n) is 7.01. The summed E-state index contributed by atoms with van der Waals surface area (Å²) in [4.78, 5) is 2.34. The zero-order chi connectivity index (χ0) is 13.8. The van der Waals surface area contributed by atoms with Gasteiger partial charge in [0.05, 0.1) is 0 Å². The maximum atomic E-state index is 13.5. The number of nitrogens with one attached hydrogen (secondary N) is 1. The highest BCUT2D eigenvalue weighted by atomic mass is 19.1. The minimum absolute atomic E-state index is 0.0952. The molecule has 2 N–H and O–H groups in total. The van der Waals surface area contributed by atoms with Gasteiger partial charge in [-0.2, -0.15) is 0 Å². The molecule has 1 aliphatic heterocycles. The summed E-state index contributed by atoms with van der Waals surface area (Å²) >= 11 is 0. The third-order valence-corrected chi connectivity index (χ3v) is 3.64. The Labute approximate surface area is 114 Å². The number of halogens is 1. The molecule has 1 heterocycles. The van der Waals surface area contributed by atoms with Crippen LogP contribution in [0.25, 0.3) is 0 Å². The fourth-order valence-corrected chi connectivity index (χ4v) is 2.71. The fraction of sp³-hybridized carbons (Fsp3) is 0.600. The molecule has 0 radical (unpaired) electrons. The molecule has 1 saturated heterocycles. The summed E-state index contributed by atoms with van der Waals surface area (Å²) in [6.07, 6.45) is 0.928. The zero-order valence-electron chi connectivity index (χ0n) is 11.7. The van der Waals surface area contributed by atoms with Crippen molar-refractivity contribution in [2.75, 3.05) is 26.2 Å². The first kappa shape index (κ1) is 14.3. The molecular formula is C15H23FN2O.